The molecule has 160 valence electrons. The Bertz CT molecular complexity index is 1010. The Morgan fingerprint density at radius 2 is 1.77 bits per heavy atom. The van der Waals surface area contributed by atoms with Gasteiger partial charge in [0, 0.05) is 32.4 Å². The summed E-state index contributed by atoms with van der Waals surface area (Å²) >= 11 is 0. The van der Waals surface area contributed by atoms with E-state index in [0.717, 1.165) is 6.26 Å². The van der Waals surface area contributed by atoms with Crippen molar-refractivity contribution in [3.63, 3.8) is 0 Å². The standard InChI is InChI=1S/C19H24N6O4S/c1-19(2,3)29-18(26)25-9-7-24(8-10-25)17-6-5-15(30(4,27)28)11-16(17)23-22-14(12-20)13-21/h5-6,11,23H,7-10H2,1-4H3. The molecule has 11 heteroatoms. The highest BCUT2D eigenvalue weighted by atomic mass is 32.2. The van der Waals surface area contributed by atoms with Crippen molar-refractivity contribution in [2.24, 2.45) is 5.10 Å². The van der Waals surface area contributed by atoms with E-state index in [9.17, 15) is 13.2 Å². The molecule has 1 fully saturated rings. The van der Waals surface area contributed by atoms with E-state index in [1.54, 1.807) is 43.9 Å². The zero-order valence-corrected chi connectivity index (χ0v) is 18.2. The first kappa shape index (κ1) is 23.0. The van der Waals surface area contributed by atoms with Gasteiger partial charge in [0.2, 0.25) is 5.71 Å². The number of hydrogen-bond donors (Lipinski definition) is 1. The number of carbonyl (C=O) groups excluding carboxylic acids is 1. The Morgan fingerprint density at radius 3 is 2.27 bits per heavy atom. The van der Waals surface area contributed by atoms with Crippen LogP contribution in [0.5, 0.6) is 0 Å². The maximum Gasteiger partial charge on any atom is 0.410 e. The number of nitrogens with one attached hydrogen (secondary N) is 1. The van der Waals surface area contributed by atoms with Gasteiger partial charge in [0.15, 0.2) is 9.84 Å². The summed E-state index contributed by atoms with van der Waals surface area (Å²) in [5.74, 6) is 0. The third-order valence-electron chi connectivity index (χ3n) is 4.17. The van der Waals surface area contributed by atoms with Crippen LogP contribution in [0.25, 0.3) is 0 Å². The van der Waals surface area contributed by atoms with Crippen LogP contribution in [-0.4, -0.2) is 63.2 Å². The van der Waals surface area contributed by atoms with Crippen LogP contribution in [0.4, 0.5) is 16.2 Å². The molecule has 1 aromatic carbocycles. The average Bonchev–Trinajstić information content (AvgIpc) is 2.67. The molecule has 1 saturated heterocycles. The Kier molecular flexibility index (Phi) is 6.90. The van der Waals surface area contributed by atoms with Crippen LogP contribution in [0.3, 0.4) is 0 Å². The van der Waals surface area contributed by atoms with E-state index < -0.39 is 15.4 Å². The average molecular weight is 433 g/mol. The fraction of sp³-hybridized carbons (Fsp3) is 0.474. The summed E-state index contributed by atoms with van der Waals surface area (Å²) in [4.78, 5) is 15.9. The molecule has 1 aliphatic rings. The normalized spacial score (nSPS) is 14.3. The number of nitrogens with zero attached hydrogens (tertiary/aromatic N) is 5. The molecule has 0 atom stereocenters. The van der Waals surface area contributed by atoms with E-state index in [0.29, 0.717) is 37.6 Å². The van der Waals surface area contributed by atoms with Gasteiger partial charge in [0.05, 0.1) is 16.3 Å². The molecule has 1 amide bonds. The van der Waals surface area contributed by atoms with Gasteiger partial charge in [-0.2, -0.15) is 15.6 Å². The van der Waals surface area contributed by atoms with Crippen molar-refractivity contribution in [3.8, 4) is 12.1 Å². The second-order valence-electron chi connectivity index (χ2n) is 7.70. The van der Waals surface area contributed by atoms with Crippen LogP contribution < -0.4 is 10.3 Å². The summed E-state index contributed by atoms with van der Waals surface area (Å²) in [7, 11) is -3.47. The molecule has 1 heterocycles. The minimum absolute atomic E-state index is 0.0757. The highest BCUT2D eigenvalue weighted by Crippen LogP contribution is 2.30. The molecule has 0 aromatic heterocycles. The van der Waals surface area contributed by atoms with E-state index in [2.05, 4.69) is 10.5 Å². The fourth-order valence-corrected chi connectivity index (χ4v) is 3.41. The Morgan fingerprint density at radius 1 is 1.17 bits per heavy atom. The van der Waals surface area contributed by atoms with Crippen LogP contribution >= 0.6 is 0 Å². The zero-order chi connectivity index (χ0) is 22.5. The van der Waals surface area contributed by atoms with Gasteiger partial charge in [-0.15, -0.1) is 0 Å². The SMILES string of the molecule is CC(C)(C)OC(=O)N1CCN(c2ccc(S(C)(=O)=O)cc2NN=C(C#N)C#N)CC1. The highest BCUT2D eigenvalue weighted by Gasteiger charge is 2.27. The van der Waals surface area contributed by atoms with E-state index >= 15 is 0 Å². The van der Waals surface area contributed by atoms with Crippen LogP contribution in [0.2, 0.25) is 0 Å². The zero-order valence-electron chi connectivity index (χ0n) is 17.3. The van der Waals surface area contributed by atoms with Crippen LogP contribution in [0, 0.1) is 22.7 Å². The number of benzene rings is 1. The quantitative estimate of drug-likeness (QED) is 0.563. The van der Waals surface area contributed by atoms with Gasteiger partial charge in [0.1, 0.15) is 17.7 Å². The second-order valence-corrected chi connectivity index (χ2v) is 9.72. The fourth-order valence-electron chi connectivity index (χ4n) is 2.76. The van der Waals surface area contributed by atoms with Crippen LogP contribution in [-0.2, 0) is 14.6 Å². The lowest BCUT2D eigenvalue weighted by Crippen LogP contribution is -2.50. The smallest absolute Gasteiger partial charge is 0.410 e. The van der Waals surface area contributed by atoms with Gasteiger partial charge in [-0.1, -0.05) is 0 Å². The first-order chi connectivity index (χ1) is 13.9. The molecular formula is C19H24N6O4S. The predicted octanol–water partition coefficient (Wildman–Crippen LogP) is 1.96. The first-order valence-electron chi connectivity index (χ1n) is 9.15. The number of carbonyl (C=O) groups is 1. The van der Waals surface area contributed by atoms with Gasteiger partial charge in [-0.3, -0.25) is 5.43 Å². The van der Waals surface area contributed by atoms with Crippen molar-refractivity contribution in [1.29, 1.82) is 10.5 Å². The van der Waals surface area contributed by atoms with Gasteiger partial charge in [0.25, 0.3) is 0 Å². The third-order valence-corrected chi connectivity index (χ3v) is 5.28. The van der Waals surface area contributed by atoms with Crippen LogP contribution in [0.1, 0.15) is 20.8 Å². The van der Waals surface area contributed by atoms with Crippen molar-refractivity contribution in [3.05, 3.63) is 18.2 Å². The number of rotatable bonds is 4. The summed E-state index contributed by atoms with van der Waals surface area (Å²) in [5, 5.41) is 21.5. The number of nitriles is 2. The van der Waals surface area contributed by atoms with E-state index in [4.69, 9.17) is 15.3 Å². The van der Waals surface area contributed by atoms with E-state index in [1.165, 1.54) is 12.1 Å². The molecule has 30 heavy (non-hydrogen) atoms. The molecule has 0 bridgehead atoms. The molecule has 0 unspecified atom stereocenters. The van der Waals surface area contributed by atoms with Gasteiger partial charge < -0.3 is 14.5 Å². The number of sulfone groups is 1. The Balaban J connectivity index is 2.25. The molecular weight excluding hydrogens is 408 g/mol. The van der Waals surface area contributed by atoms with Gasteiger partial charge in [-0.25, -0.2) is 13.2 Å². The summed E-state index contributed by atoms with van der Waals surface area (Å²) in [6.07, 6.45) is 0.704. The summed E-state index contributed by atoms with van der Waals surface area (Å²) in [6.45, 7) is 7.23. The Labute approximate surface area is 176 Å². The van der Waals surface area contributed by atoms with Crippen molar-refractivity contribution in [2.75, 3.05) is 42.8 Å². The van der Waals surface area contributed by atoms with Crippen molar-refractivity contribution in [1.82, 2.24) is 4.90 Å². The van der Waals surface area contributed by atoms with E-state index in [1.807, 2.05) is 4.90 Å². The maximum atomic E-state index is 12.2. The van der Waals surface area contributed by atoms with Crippen molar-refractivity contribution >= 4 is 33.0 Å². The van der Waals surface area contributed by atoms with Gasteiger partial charge >= 0.3 is 6.09 Å². The van der Waals surface area contributed by atoms with Crippen LogP contribution in [0.15, 0.2) is 28.2 Å². The lowest BCUT2D eigenvalue weighted by Gasteiger charge is -2.37. The number of anilines is 2. The minimum Gasteiger partial charge on any atom is -0.444 e. The van der Waals surface area contributed by atoms with E-state index in [-0.39, 0.29) is 16.7 Å². The Hall–Kier alpha value is -3.31. The summed E-state index contributed by atoms with van der Waals surface area (Å²) in [5.41, 5.74) is 2.64. The highest BCUT2D eigenvalue weighted by molar-refractivity contribution is 7.90. The lowest BCUT2D eigenvalue weighted by molar-refractivity contribution is 0.0240. The lowest BCUT2D eigenvalue weighted by atomic mass is 10.2. The summed E-state index contributed by atoms with van der Waals surface area (Å²) in [6, 6.07) is 7.80. The largest absolute Gasteiger partial charge is 0.444 e. The molecule has 0 aliphatic carbocycles. The van der Waals surface area contributed by atoms with Crippen molar-refractivity contribution in [2.45, 2.75) is 31.3 Å². The number of hydrazone groups is 1. The molecule has 1 aliphatic heterocycles. The first-order valence-corrected chi connectivity index (χ1v) is 11.0. The summed E-state index contributed by atoms with van der Waals surface area (Å²) < 4.78 is 29.2. The molecule has 0 spiro atoms. The molecule has 1 N–H and O–H groups in total. The molecule has 10 nitrogen and oxygen atoms in total. The maximum absolute atomic E-state index is 12.2. The van der Waals surface area contributed by atoms with Gasteiger partial charge in [-0.05, 0) is 39.0 Å². The number of hydrogen-bond acceptors (Lipinski definition) is 9. The minimum atomic E-state index is -3.47. The predicted molar refractivity (Wildman–Crippen MR) is 112 cm³/mol. The number of ether oxygens (including phenoxy) is 1. The monoisotopic (exact) mass is 432 g/mol. The second kappa shape index (κ2) is 9.01. The van der Waals surface area contributed by atoms with Crippen molar-refractivity contribution < 1.29 is 17.9 Å². The topological polar surface area (TPSA) is 139 Å². The molecule has 1 aromatic rings. The molecule has 0 saturated carbocycles. The molecule has 2 rings (SSSR count). The number of piperazine rings is 1. The third kappa shape index (κ3) is 6.09. The molecule has 0 radical (unpaired) electrons. The number of amides is 1.